The zero-order chi connectivity index (χ0) is 8.27. The fraction of sp³-hybridized carbons (Fsp3) is 0.333. The molecule has 0 N–H and O–H groups in total. The minimum Gasteiger partial charge on any atom is -0.207 e. The van der Waals surface area contributed by atoms with Crippen molar-refractivity contribution in [2.45, 2.75) is 12.8 Å². The number of halogens is 2. The second-order valence-corrected chi connectivity index (χ2v) is 3.49. The molecule has 2 heteroatoms. The molecule has 0 amide bonds. The lowest BCUT2D eigenvalue weighted by molar-refractivity contribution is 0.626. The van der Waals surface area contributed by atoms with Crippen LogP contribution in [0.2, 0.25) is 0 Å². The van der Waals surface area contributed by atoms with Crippen LogP contribution < -0.4 is 0 Å². The highest BCUT2D eigenvalue weighted by atomic mass is 127. The number of rotatable bonds is 2. The fourth-order valence-electron chi connectivity index (χ4n) is 0.880. The van der Waals surface area contributed by atoms with Crippen LogP contribution in [0.4, 0.5) is 4.39 Å². The molecule has 0 radical (unpaired) electrons. The standard InChI is InChI=1S/C9H10FI/c1-7(6-11)8-2-4-9(10)5-3-8/h2-5,7H,6H2,1H3. The van der Waals surface area contributed by atoms with Gasteiger partial charge in [-0.2, -0.15) is 0 Å². The predicted octanol–water partition coefficient (Wildman–Crippen LogP) is 3.36. The molecule has 60 valence electrons. The number of hydrogen-bond acceptors (Lipinski definition) is 0. The van der Waals surface area contributed by atoms with Crippen molar-refractivity contribution < 1.29 is 4.39 Å². The molecule has 0 saturated carbocycles. The summed E-state index contributed by atoms with van der Waals surface area (Å²) < 4.78 is 13.5. The normalized spacial score (nSPS) is 13.0. The molecule has 0 aliphatic rings. The van der Waals surface area contributed by atoms with Crippen molar-refractivity contribution in [3.05, 3.63) is 35.6 Å². The predicted molar refractivity (Wildman–Crippen MR) is 53.7 cm³/mol. The highest BCUT2D eigenvalue weighted by Gasteiger charge is 2.01. The van der Waals surface area contributed by atoms with Crippen LogP contribution in [0, 0.1) is 5.82 Å². The van der Waals surface area contributed by atoms with E-state index >= 15 is 0 Å². The molecule has 0 fully saturated rings. The van der Waals surface area contributed by atoms with Crippen molar-refractivity contribution in [3.8, 4) is 0 Å². The van der Waals surface area contributed by atoms with E-state index in [0.29, 0.717) is 5.92 Å². The molecule has 1 rings (SSSR count). The van der Waals surface area contributed by atoms with E-state index in [-0.39, 0.29) is 5.82 Å². The summed E-state index contributed by atoms with van der Waals surface area (Å²) in [6.07, 6.45) is 0. The first-order chi connectivity index (χ1) is 5.24. The van der Waals surface area contributed by atoms with Crippen molar-refractivity contribution in [2.24, 2.45) is 0 Å². The van der Waals surface area contributed by atoms with E-state index in [1.807, 2.05) is 12.1 Å². The third kappa shape index (κ3) is 2.43. The first-order valence-electron chi connectivity index (χ1n) is 3.55. The second-order valence-electron chi connectivity index (χ2n) is 2.61. The first kappa shape index (κ1) is 8.97. The van der Waals surface area contributed by atoms with E-state index in [9.17, 15) is 4.39 Å². The molecular formula is C9H10FI. The zero-order valence-corrected chi connectivity index (χ0v) is 8.51. The number of alkyl halides is 1. The largest absolute Gasteiger partial charge is 0.207 e. The number of benzene rings is 1. The highest BCUT2D eigenvalue weighted by Crippen LogP contribution is 2.17. The maximum Gasteiger partial charge on any atom is 0.123 e. The van der Waals surface area contributed by atoms with Gasteiger partial charge in [0.25, 0.3) is 0 Å². The molecule has 0 heterocycles. The molecule has 1 unspecified atom stereocenters. The van der Waals surface area contributed by atoms with Gasteiger partial charge in [0.05, 0.1) is 0 Å². The van der Waals surface area contributed by atoms with Gasteiger partial charge in [0.15, 0.2) is 0 Å². The van der Waals surface area contributed by atoms with Gasteiger partial charge in [-0.15, -0.1) is 0 Å². The Hall–Kier alpha value is -0.120. The van der Waals surface area contributed by atoms with Gasteiger partial charge in [0.1, 0.15) is 5.82 Å². The van der Waals surface area contributed by atoms with E-state index in [0.717, 1.165) is 4.43 Å². The van der Waals surface area contributed by atoms with Crippen LogP contribution in [0.1, 0.15) is 18.4 Å². The van der Waals surface area contributed by atoms with Crippen molar-refractivity contribution in [3.63, 3.8) is 0 Å². The molecule has 0 aliphatic carbocycles. The molecule has 0 nitrogen and oxygen atoms in total. The summed E-state index contributed by atoms with van der Waals surface area (Å²) in [5.74, 6) is 0.366. The van der Waals surface area contributed by atoms with E-state index in [1.54, 1.807) is 0 Å². The van der Waals surface area contributed by atoms with Crippen LogP contribution in [0.5, 0.6) is 0 Å². The van der Waals surface area contributed by atoms with Crippen molar-refractivity contribution in [1.82, 2.24) is 0 Å². The van der Waals surface area contributed by atoms with Crippen molar-refractivity contribution in [1.29, 1.82) is 0 Å². The Bertz CT molecular complexity index is 218. The molecule has 0 spiro atoms. The minimum atomic E-state index is -0.158. The number of hydrogen-bond donors (Lipinski definition) is 0. The van der Waals surface area contributed by atoms with Crippen molar-refractivity contribution in [2.75, 3.05) is 4.43 Å². The average Bonchev–Trinajstić information content (AvgIpc) is 2.05. The SMILES string of the molecule is CC(CI)c1ccc(F)cc1. The Morgan fingerprint density at radius 3 is 2.36 bits per heavy atom. The Morgan fingerprint density at radius 1 is 1.36 bits per heavy atom. The molecule has 0 aliphatic heterocycles. The lowest BCUT2D eigenvalue weighted by Gasteiger charge is -2.06. The summed E-state index contributed by atoms with van der Waals surface area (Å²) in [6, 6.07) is 6.72. The summed E-state index contributed by atoms with van der Waals surface area (Å²) in [5, 5.41) is 0. The molecule has 11 heavy (non-hydrogen) atoms. The summed E-state index contributed by atoms with van der Waals surface area (Å²) in [4.78, 5) is 0. The van der Waals surface area contributed by atoms with Crippen LogP contribution in [-0.2, 0) is 0 Å². The van der Waals surface area contributed by atoms with Gasteiger partial charge >= 0.3 is 0 Å². The molecule has 0 aromatic heterocycles. The maximum atomic E-state index is 12.5. The Morgan fingerprint density at radius 2 is 1.91 bits per heavy atom. The minimum absolute atomic E-state index is 0.158. The van der Waals surface area contributed by atoms with Gasteiger partial charge < -0.3 is 0 Å². The topological polar surface area (TPSA) is 0 Å². The Labute approximate surface area is 80.0 Å². The van der Waals surface area contributed by atoms with Gasteiger partial charge in [-0.3, -0.25) is 0 Å². The lowest BCUT2D eigenvalue weighted by atomic mass is 10.0. The van der Waals surface area contributed by atoms with E-state index in [2.05, 4.69) is 29.5 Å². The first-order valence-corrected chi connectivity index (χ1v) is 5.08. The van der Waals surface area contributed by atoms with E-state index < -0.39 is 0 Å². The van der Waals surface area contributed by atoms with Gasteiger partial charge in [0, 0.05) is 4.43 Å². The highest BCUT2D eigenvalue weighted by molar-refractivity contribution is 14.1. The fourth-order valence-corrected chi connectivity index (χ4v) is 1.39. The molecule has 1 aromatic rings. The maximum absolute atomic E-state index is 12.5. The van der Waals surface area contributed by atoms with Gasteiger partial charge in [-0.05, 0) is 23.6 Å². The monoisotopic (exact) mass is 264 g/mol. The summed E-state index contributed by atoms with van der Waals surface area (Å²) in [6.45, 7) is 2.14. The quantitative estimate of drug-likeness (QED) is 0.567. The van der Waals surface area contributed by atoms with Crippen LogP contribution in [0.3, 0.4) is 0 Å². The van der Waals surface area contributed by atoms with Crippen molar-refractivity contribution >= 4 is 22.6 Å². The van der Waals surface area contributed by atoms with Gasteiger partial charge in [-0.25, -0.2) is 4.39 Å². The third-order valence-corrected chi connectivity index (χ3v) is 2.99. The third-order valence-electron chi connectivity index (χ3n) is 1.67. The Kier molecular flexibility index (Phi) is 3.30. The van der Waals surface area contributed by atoms with Gasteiger partial charge in [-0.1, -0.05) is 41.6 Å². The van der Waals surface area contributed by atoms with Crippen LogP contribution in [0.25, 0.3) is 0 Å². The second kappa shape index (κ2) is 4.04. The molecular weight excluding hydrogens is 254 g/mol. The van der Waals surface area contributed by atoms with Crippen LogP contribution in [-0.4, -0.2) is 4.43 Å². The van der Waals surface area contributed by atoms with Crippen LogP contribution >= 0.6 is 22.6 Å². The van der Waals surface area contributed by atoms with E-state index in [4.69, 9.17) is 0 Å². The molecule has 1 aromatic carbocycles. The van der Waals surface area contributed by atoms with Gasteiger partial charge in [0.2, 0.25) is 0 Å². The lowest BCUT2D eigenvalue weighted by Crippen LogP contribution is -1.93. The van der Waals surface area contributed by atoms with Crippen LogP contribution in [0.15, 0.2) is 24.3 Å². The average molecular weight is 264 g/mol. The summed E-state index contributed by atoms with van der Waals surface area (Å²) in [5.41, 5.74) is 1.21. The zero-order valence-electron chi connectivity index (χ0n) is 6.35. The molecule has 0 saturated heterocycles. The molecule has 0 bridgehead atoms. The molecule has 1 atom stereocenters. The summed E-state index contributed by atoms with van der Waals surface area (Å²) >= 11 is 2.33. The smallest absolute Gasteiger partial charge is 0.123 e. The Balaban J connectivity index is 2.81. The van der Waals surface area contributed by atoms with E-state index in [1.165, 1.54) is 17.7 Å². The summed E-state index contributed by atoms with van der Waals surface area (Å²) in [7, 11) is 0.